The maximum atomic E-state index is 13.5. The number of rotatable bonds is 11. The predicted octanol–water partition coefficient (Wildman–Crippen LogP) is 6.09. The van der Waals surface area contributed by atoms with E-state index in [2.05, 4.69) is 15.6 Å². The van der Waals surface area contributed by atoms with Crippen molar-refractivity contribution in [3.8, 4) is 17.0 Å². The average Bonchev–Trinajstić information content (AvgIpc) is 3.39. The van der Waals surface area contributed by atoms with E-state index in [-0.39, 0.29) is 24.7 Å². The van der Waals surface area contributed by atoms with E-state index in [1.165, 1.54) is 23.1 Å². The van der Waals surface area contributed by atoms with E-state index in [1.54, 1.807) is 25.3 Å². The number of aromatic nitrogens is 1. The largest absolute Gasteiger partial charge is 0.497 e. The van der Waals surface area contributed by atoms with Crippen molar-refractivity contribution in [2.45, 2.75) is 23.0 Å². The lowest BCUT2D eigenvalue weighted by atomic mass is 10.1. The highest BCUT2D eigenvalue weighted by atomic mass is 32.2. The zero-order valence-corrected chi connectivity index (χ0v) is 22.1. The highest BCUT2D eigenvalue weighted by Crippen LogP contribution is 2.37. The summed E-state index contributed by atoms with van der Waals surface area (Å²) in [6.45, 7) is 0. The van der Waals surface area contributed by atoms with Gasteiger partial charge in [-0.3, -0.25) is 14.4 Å². The number of carbonyl (C=O) groups is 3. The zero-order valence-electron chi connectivity index (χ0n) is 20.4. The molecule has 1 heterocycles. The highest BCUT2D eigenvalue weighted by molar-refractivity contribution is 8.00. The minimum atomic E-state index is -1.03. The van der Waals surface area contributed by atoms with Crippen LogP contribution in [0.25, 0.3) is 11.3 Å². The van der Waals surface area contributed by atoms with E-state index < -0.39 is 11.2 Å². The van der Waals surface area contributed by atoms with Gasteiger partial charge in [0.25, 0.3) is 0 Å². The molecule has 4 rings (SSSR count). The van der Waals surface area contributed by atoms with Crippen LogP contribution in [0.4, 0.5) is 10.8 Å². The first-order valence-corrected chi connectivity index (χ1v) is 13.4. The fourth-order valence-electron chi connectivity index (χ4n) is 3.52. The second kappa shape index (κ2) is 12.9. The first-order valence-electron chi connectivity index (χ1n) is 11.7. The number of hydrogen-bond donors (Lipinski definition) is 3. The number of anilines is 2. The van der Waals surface area contributed by atoms with Crippen molar-refractivity contribution < 1.29 is 24.2 Å². The number of carboxylic acid groups (broad SMARTS) is 1. The maximum Gasteiger partial charge on any atom is 0.303 e. The van der Waals surface area contributed by atoms with Gasteiger partial charge in [0.15, 0.2) is 5.13 Å². The number of hydrogen-bond acceptors (Lipinski definition) is 7. The lowest BCUT2D eigenvalue weighted by molar-refractivity contribution is -0.138. The molecule has 0 aliphatic carbocycles. The first-order chi connectivity index (χ1) is 18.4. The molecule has 1 atom stereocenters. The fraction of sp³-hybridized carbons (Fsp3) is 0.143. The molecule has 0 bridgehead atoms. The van der Waals surface area contributed by atoms with Crippen molar-refractivity contribution in [1.29, 1.82) is 0 Å². The highest BCUT2D eigenvalue weighted by Gasteiger charge is 2.23. The Morgan fingerprint density at radius 3 is 2.45 bits per heavy atom. The second-order valence-electron chi connectivity index (χ2n) is 8.13. The molecule has 3 N–H and O–H groups in total. The van der Waals surface area contributed by atoms with Gasteiger partial charge in [0.1, 0.15) is 11.0 Å². The van der Waals surface area contributed by atoms with Gasteiger partial charge in [-0.25, -0.2) is 4.98 Å². The van der Waals surface area contributed by atoms with Crippen LogP contribution in [-0.4, -0.2) is 35.0 Å². The van der Waals surface area contributed by atoms with Crippen LogP contribution in [0.2, 0.25) is 0 Å². The summed E-state index contributed by atoms with van der Waals surface area (Å²) in [4.78, 5) is 41.6. The Morgan fingerprint density at radius 1 is 0.974 bits per heavy atom. The molecule has 1 unspecified atom stereocenters. The topological polar surface area (TPSA) is 118 Å². The molecule has 0 saturated carbocycles. The van der Waals surface area contributed by atoms with E-state index in [0.717, 1.165) is 27.5 Å². The number of nitrogens with zero attached hydrogens (tertiary/aromatic N) is 1. The molecule has 0 radical (unpaired) electrons. The fourth-order valence-corrected chi connectivity index (χ4v) is 5.33. The van der Waals surface area contributed by atoms with Crippen LogP contribution in [0.3, 0.4) is 0 Å². The molecule has 0 saturated heterocycles. The molecule has 0 spiro atoms. The predicted molar refractivity (Wildman–Crippen MR) is 150 cm³/mol. The van der Waals surface area contributed by atoms with Gasteiger partial charge in [-0.05, 0) is 48.0 Å². The summed E-state index contributed by atoms with van der Waals surface area (Å²) in [6.07, 6.45) is -0.360. The summed E-state index contributed by atoms with van der Waals surface area (Å²) < 4.78 is 5.21. The van der Waals surface area contributed by atoms with Crippen LogP contribution in [0.15, 0.2) is 89.1 Å². The molecular weight excluding hydrogens is 522 g/mol. The molecule has 0 aliphatic heterocycles. The number of ether oxygens (including phenoxy) is 1. The van der Waals surface area contributed by atoms with Gasteiger partial charge in [-0.1, -0.05) is 36.4 Å². The molecule has 0 fully saturated rings. The number of amides is 2. The second-order valence-corrected chi connectivity index (χ2v) is 10.2. The van der Waals surface area contributed by atoms with Crippen molar-refractivity contribution in [3.63, 3.8) is 0 Å². The molecule has 194 valence electrons. The summed E-state index contributed by atoms with van der Waals surface area (Å²) >= 11 is 2.69. The number of methoxy groups -OCH3 is 1. The quantitative estimate of drug-likeness (QED) is 0.194. The molecule has 10 heteroatoms. The normalized spacial score (nSPS) is 11.4. The average molecular weight is 548 g/mol. The number of thioether (sulfide) groups is 1. The van der Waals surface area contributed by atoms with Gasteiger partial charge in [0.2, 0.25) is 11.8 Å². The Balaban J connectivity index is 1.49. The van der Waals surface area contributed by atoms with Crippen LogP contribution in [-0.2, 0) is 14.4 Å². The van der Waals surface area contributed by atoms with Crippen LogP contribution in [0.5, 0.6) is 5.75 Å². The lowest BCUT2D eigenvalue weighted by Gasteiger charge is -2.17. The number of benzene rings is 3. The van der Waals surface area contributed by atoms with E-state index in [0.29, 0.717) is 10.8 Å². The Labute approximate surface area is 228 Å². The van der Waals surface area contributed by atoms with Crippen molar-refractivity contribution in [2.24, 2.45) is 0 Å². The number of thiazole rings is 1. The van der Waals surface area contributed by atoms with Gasteiger partial charge in [0, 0.05) is 27.9 Å². The Hall–Kier alpha value is -4.15. The van der Waals surface area contributed by atoms with Crippen molar-refractivity contribution in [2.75, 3.05) is 17.7 Å². The summed E-state index contributed by atoms with van der Waals surface area (Å²) in [5.74, 6) is -0.891. The van der Waals surface area contributed by atoms with Crippen molar-refractivity contribution >= 4 is 51.7 Å². The molecule has 38 heavy (non-hydrogen) atoms. The minimum Gasteiger partial charge on any atom is -0.497 e. The smallest absolute Gasteiger partial charge is 0.303 e. The molecule has 2 amide bonds. The Bertz CT molecular complexity index is 1410. The zero-order chi connectivity index (χ0) is 26.9. The Kier molecular flexibility index (Phi) is 9.12. The molecule has 1 aromatic heterocycles. The number of carbonyl (C=O) groups excluding carboxylic acids is 2. The molecule has 0 aliphatic rings. The SMILES string of the molecule is COc1ccc(-c2csc(NC(=O)C(Sc3cccc(NC(=O)CCC(=O)O)c3)c3ccccc3)n2)cc1. The number of aliphatic carboxylic acids is 1. The summed E-state index contributed by atoms with van der Waals surface area (Å²) in [5, 5.41) is 16.2. The molecule has 8 nitrogen and oxygen atoms in total. The van der Waals surface area contributed by atoms with E-state index in [9.17, 15) is 14.4 Å². The monoisotopic (exact) mass is 547 g/mol. The Morgan fingerprint density at radius 2 is 1.74 bits per heavy atom. The maximum absolute atomic E-state index is 13.5. The number of carboxylic acids is 1. The van der Waals surface area contributed by atoms with Crippen molar-refractivity contribution in [1.82, 2.24) is 4.98 Å². The molecular formula is C28H25N3O5S2. The van der Waals surface area contributed by atoms with Gasteiger partial charge in [-0.2, -0.15) is 0 Å². The summed E-state index contributed by atoms with van der Waals surface area (Å²) in [6, 6.07) is 24.1. The summed E-state index contributed by atoms with van der Waals surface area (Å²) in [5.41, 5.74) is 3.02. The third-order valence-electron chi connectivity index (χ3n) is 5.40. The number of nitrogens with one attached hydrogen (secondary N) is 2. The summed E-state index contributed by atoms with van der Waals surface area (Å²) in [7, 11) is 1.61. The van der Waals surface area contributed by atoms with Crippen molar-refractivity contribution in [3.05, 3.63) is 89.8 Å². The van der Waals surface area contributed by atoms with Crippen LogP contribution < -0.4 is 15.4 Å². The van der Waals surface area contributed by atoms with Gasteiger partial charge in [-0.15, -0.1) is 23.1 Å². The van der Waals surface area contributed by atoms with Crippen LogP contribution in [0.1, 0.15) is 23.7 Å². The van der Waals surface area contributed by atoms with Crippen LogP contribution >= 0.6 is 23.1 Å². The third kappa shape index (κ3) is 7.44. The van der Waals surface area contributed by atoms with E-state index in [4.69, 9.17) is 9.84 Å². The van der Waals surface area contributed by atoms with Crippen LogP contribution in [0, 0.1) is 0 Å². The molecule has 3 aromatic carbocycles. The van der Waals surface area contributed by atoms with Gasteiger partial charge >= 0.3 is 5.97 Å². The first kappa shape index (κ1) is 26.9. The molecule has 4 aromatic rings. The lowest BCUT2D eigenvalue weighted by Crippen LogP contribution is -2.19. The van der Waals surface area contributed by atoms with Gasteiger partial charge < -0.3 is 20.5 Å². The minimum absolute atomic E-state index is 0.117. The third-order valence-corrected chi connectivity index (χ3v) is 7.40. The van der Waals surface area contributed by atoms with E-state index in [1.807, 2.05) is 66.0 Å². The van der Waals surface area contributed by atoms with E-state index >= 15 is 0 Å². The van der Waals surface area contributed by atoms with Gasteiger partial charge in [0.05, 0.1) is 19.2 Å². The standard InChI is InChI=1S/C28H25N3O5S2/c1-36-21-12-10-18(11-13-21)23-17-37-28(30-23)31-27(35)26(19-6-3-2-4-7-19)38-22-9-5-8-20(16-22)29-24(32)14-15-25(33)34/h2-13,16-17,26H,14-15H2,1H3,(H,29,32)(H,33,34)(H,30,31,35).